The maximum absolute atomic E-state index is 13.5. The topological polar surface area (TPSA) is 130 Å². The van der Waals surface area contributed by atoms with Crippen molar-refractivity contribution in [3.05, 3.63) is 165 Å². The average molecular weight is 696 g/mol. The SMILES string of the molecule is NC(=O)c1ccc(NC(=O)C(Sc2ccc(NC(=O)/C(=C/c3cccc(Cl)c3Cl)NC(=O)c3ccccc3)cc2)c2ccccc2)cc1. The van der Waals surface area contributed by atoms with Gasteiger partial charge in [0.25, 0.3) is 11.8 Å². The third-order valence-electron chi connectivity index (χ3n) is 6.95. The zero-order chi connectivity index (χ0) is 34.0. The van der Waals surface area contributed by atoms with Crippen LogP contribution in [0.5, 0.6) is 0 Å². The molecular formula is C37H28Cl2N4O4S. The van der Waals surface area contributed by atoms with Crippen molar-refractivity contribution in [1.29, 1.82) is 0 Å². The van der Waals surface area contributed by atoms with Crippen LogP contribution in [0.3, 0.4) is 0 Å². The Labute approximate surface area is 291 Å². The van der Waals surface area contributed by atoms with E-state index in [-0.39, 0.29) is 16.6 Å². The van der Waals surface area contributed by atoms with E-state index in [0.717, 1.165) is 10.5 Å². The molecule has 0 aromatic heterocycles. The summed E-state index contributed by atoms with van der Waals surface area (Å²) in [5.41, 5.74) is 8.20. The van der Waals surface area contributed by atoms with Crippen molar-refractivity contribution >= 4 is 76.0 Å². The number of primary amides is 1. The van der Waals surface area contributed by atoms with Gasteiger partial charge in [0.05, 0.1) is 10.0 Å². The summed E-state index contributed by atoms with van der Waals surface area (Å²) < 4.78 is 0. The second-order valence-electron chi connectivity index (χ2n) is 10.3. The molecule has 0 saturated heterocycles. The van der Waals surface area contributed by atoms with Gasteiger partial charge in [-0.3, -0.25) is 19.2 Å². The molecule has 5 N–H and O–H groups in total. The molecule has 0 bridgehead atoms. The van der Waals surface area contributed by atoms with Crippen molar-refractivity contribution in [2.75, 3.05) is 10.6 Å². The van der Waals surface area contributed by atoms with Gasteiger partial charge in [0.2, 0.25) is 11.8 Å². The van der Waals surface area contributed by atoms with E-state index >= 15 is 0 Å². The molecule has 11 heteroatoms. The van der Waals surface area contributed by atoms with Crippen molar-refractivity contribution in [3.63, 3.8) is 0 Å². The van der Waals surface area contributed by atoms with Gasteiger partial charge in [-0.15, -0.1) is 11.8 Å². The van der Waals surface area contributed by atoms with Crippen molar-refractivity contribution in [2.24, 2.45) is 5.73 Å². The first-order valence-electron chi connectivity index (χ1n) is 14.5. The predicted octanol–water partition coefficient (Wildman–Crippen LogP) is 7.97. The van der Waals surface area contributed by atoms with Gasteiger partial charge in [-0.25, -0.2) is 0 Å². The number of carbonyl (C=O) groups is 4. The number of nitrogens with two attached hydrogens (primary N) is 1. The van der Waals surface area contributed by atoms with Crippen LogP contribution in [0.15, 0.2) is 138 Å². The van der Waals surface area contributed by atoms with Gasteiger partial charge >= 0.3 is 0 Å². The van der Waals surface area contributed by atoms with Crippen LogP contribution in [0.1, 0.15) is 37.1 Å². The molecule has 0 fully saturated rings. The number of halogens is 2. The number of carbonyl (C=O) groups excluding carboxylic acids is 4. The number of amides is 4. The first kappa shape index (κ1) is 34.0. The Balaban J connectivity index is 1.33. The van der Waals surface area contributed by atoms with Crippen LogP contribution in [0, 0.1) is 0 Å². The Bertz CT molecular complexity index is 1970. The lowest BCUT2D eigenvalue weighted by Crippen LogP contribution is -2.30. The maximum Gasteiger partial charge on any atom is 0.272 e. The highest BCUT2D eigenvalue weighted by molar-refractivity contribution is 8.00. The summed E-state index contributed by atoms with van der Waals surface area (Å²) in [4.78, 5) is 52.1. The monoisotopic (exact) mass is 694 g/mol. The minimum Gasteiger partial charge on any atom is -0.366 e. The second-order valence-corrected chi connectivity index (χ2v) is 12.3. The van der Waals surface area contributed by atoms with E-state index in [1.165, 1.54) is 17.8 Å². The van der Waals surface area contributed by atoms with E-state index < -0.39 is 23.0 Å². The third kappa shape index (κ3) is 8.92. The van der Waals surface area contributed by atoms with Crippen LogP contribution < -0.4 is 21.7 Å². The molecule has 0 aliphatic carbocycles. The van der Waals surface area contributed by atoms with E-state index in [9.17, 15) is 19.2 Å². The van der Waals surface area contributed by atoms with Crippen molar-refractivity contribution in [3.8, 4) is 0 Å². The zero-order valence-electron chi connectivity index (χ0n) is 25.2. The van der Waals surface area contributed by atoms with Crippen LogP contribution >= 0.6 is 35.0 Å². The first-order chi connectivity index (χ1) is 23.2. The summed E-state index contributed by atoms with van der Waals surface area (Å²) in [7, 11) is 0. The maximum atomic E-state index is 13.5. The summed E-state index contributed by atoms with van der Waals surface area (Å²) in [6, 6.07) is 36.1. The van der Waals surface area contributed by atoms with E-state index in [0.29, 0.717) is 33.1 Å². The van der Waals surface area contributed by atoms with Gasteiger partial charge in [-0.05, 0) is 83.9 Å². The molecule has 48 heavy (non-hydrogen) atoms. The number of thioether (sulfide) groups is 1. The third-order valence-corrected chi connectivity index (χ3v) is 9.05. The molecule has 8 nitrogen and oxygen atoms in total. The van der Waals surface area contributed by atoms with Crippen LogP contribution in [-0.4, -0.2) is 23.6 Å². The molecule has 4 amide bonds. The standard InChI is InChI=1S/C37H28Cl2N4O4S/c38-30-13-7-12-26(32(30)39)22-31(43-35(45)25-10-5-2-6-11-25)36(46)41-28-18-20-29(21-19-28)48-33(23-8-3-1-4-9-23)37(47)42-27-16-14-24(15-17-27)34(40)44/h1-22,33H,(H2,40,44)(H,41,46)(H,42,47)(H,43,45)/b31-22-. The Kier molecular flexibility index (Phi) is 11.3. The molecule has 240 valence electrons. The number of anilines is 2. The van der Waals surface area contributed by atoms with Gasteiger partial charge in [0.1, 0.15) is 10.9 Å². The fourth-order valence-corrected chi connectivity index (χ4v) is 5.89. The van der Waals surface area contributed by atoms with Gasteiger partial charge in [0.15, 0.2) is 0 Å². The summed E-state index contributed by atoms with van der Waals surface area (Å²) >= 11 is 13.9. The number of rotatable bonds is 11. The highest BCUT2D eigenvalue weighted by atomic mass is 35.5. The second kappa shape index (κ2) is 16.0. The molecule has 0 aliphatic rings. The Morgan fingerprint density at radius 3 is 1.92 bits per heavy atom. The van der Waals surface area contributed by atoms with Gasteiger partial charge in [0, 0.05) is 27.4 Å². The summed E-state index contributed by atoms with van der Waals surface area (Å²) in [6.07, 6.45) is 1.46. The molecule has 0 radical (unpaired) electrons. The zero-order valence-corrected chi connectivity index (χ0v) is 27.5. The largest absolute Gasteiger partial charge is 0.366 e. The van der Waals surface area contributed by atoms with Crippen molar-refractivity contribution < 1.29 is 19.2 Å². The first-order valence-corrected chi connectivity index (χ1v) is 16.2. The quantitative estimate of drug-likeness (QED) is 0.0823. The number of benzene rings is 5. The number of hydrogen-bond acceptors (Lipinski definition) is 5. The Morgan fingerprint density at radius 2 is 1.27 bits per heavy atom. The van der Waals surface area contributed by atoms with Crippen LogP contribution in [-0.2, 0) is 9.59 Å². The molecular weight excluding hydrogens is 667 g/mol. The fraction of sp³-hybridized carbons (Fsp3) is 0.0270. The Hall–Kier alpha value is -5.35. The van der Waals surface area contributed by atoms with Crippen molar-refractivity contribution in [1.82, 2.24) is 5.32 Å². The number of hydrogen-bond donors (Lipinski definition) is 4. The molecule has 0 aliphatic heterocycles. The lowest BCUT2D eigenvalue weighted by Gasteiger charge is -2.18. The normalized spacial score (nSPS) is 11.7. The van der Waals surface area contributed by atoms with Crippen LogP contribution in [0.4, 0.5) is 11.4 Å². The van der Waals surface area contributed by atoms with E-state index in [1.54, 1.807) is 97.1 Å². The molecule has 0 heterocycles. The molecule has 0 saturated carbocycles. The van der Waals surface area contributed by atoms with Crippen LogP contribution in [0.25, 0.3) is 6.08 Å². The number of nitrogens with one attached hydrogen (secondary N) is 3. The van der Waals surface area contributed by atoms with Gasteiger partial charge in [-0.1, -0.05) is 83.9 Å². The lowest BCUT2D eigenvalue weighted by molar-refractivity contribution is -0.116. The molecule has 5 rings (SSSR count). The van der Waals surface area contributed by atoms with E-state index in [2.05, 4.69) is 16.0 Å². The van der Waals surface area contributed by atoms with Crippen molar-refractivity contribution in [2.45, 2.75) is 10.1 Å². The lowest BCUT2D eigenvalue weighted by atomic mass is 10.1. The van der Waals surface area contributed by atoms with Crippen LogP contribution in [0.2, 0.25) is 10.0 Å². The predicted molar refractivity (Wildman–Crippen MR) is 192 cm³/mol. The van der Waals surface area contributed by atoms with Gasteiger partial charge < -0.3 is 21.7 Å². The Morgan fingerprint density at radius 1 is 0.667 bits per heavy atom. The fourth-order valence-electron chi connectivity index (χ4n) is 4.51. The van der Waals surface area contributed by atoms with E-state index in [1.807, 2.05) is 30.3 Å². The molecule has 1 atom stereocenters. The average Bonchev–Trinajstić information content (AvgIpc) is 3.10. The van der Waals surface area contributed by atoms with Gasteiger partial charge in [-0.2, -0.15) is 0 Å². The summed E-state index contributed by atoms with van der Waals surface area (Å²) in [6.45, 7) is 0. The smallest absolute Gasteiger partial charge is 0.272 e. The highest BCUT2D eigenvalue weighted by Crippen LogP contribution is 2.37. The molecule has 5 aromatic carbocycles. The molecule has 1 unspecified atom stereocenters. The highest BCUT2D eigenvalue weighted by Gasteiger charge is 2.23. The summed E-state index contributed by atoms with van der Waals surface area (Å²) in [5, 5.41) is 8.32. The molecule has 0 spiro atoms. The summed E-state index contributed by atoms with van der Waals surface area (Å²) in [5.74, 6) is -1.88. The van der Waals surface area contributed by atoms with E-state index in [4.69, 9.17) is 28.9 Å². The minimum atomic E-state index is -0.618. The molecule has 5 aromatic rings. The minimum absolute atomic E-state index is 0.0452.